The van der Waals surface area contributed by atoms with Gasteiger partial charge < -0.3 is 4.74 Å². The number of benzene rings is 4. The third kappa shape index (κ3) is 7.39. The molecular weight excluding hydrogens is 668 g/mol. The summed E-state index contributed by atoms with van der Waals surface area (Å²) in [4.78, 5) is 30.5. The predicted octanol–water partition coefficient (Wildman–Crippen LogP) is 10.2. The molecule has 0 saturated heterocycles. The monoisotopic (exact) mass is 692 g/mol. The molecule has 4 aromatic carbocycles. The number of pyridine rings is 2. The van der Waals surface area contributed by atoms with E-state index < -0.39 is 0 Å². The molecule has 0 spiro atoms. The second kappa shape index (κ2) is 14.0. The summed E-state index contributed by atoms with van der Waals surface area (Å²) >= 11 is 9.23. The molecule has 7 nitrogen and oxygen atoms in total. The van der Waals surface area contributed by atoms with Gasteiger partial charge in [-0.1, -0.05) is 83.7 Å². The molecule has 0 atom stereocenters. The molecule has 0 aliphatic rings. The van der Waals surface area contributed by atoms with Gasteiger partial charge in [-0.05, 0) is 84.4 Å². The lowest BCUT2D eigenvalue weighted by Crippen LogP contribution is -2.00. The van der Waals surface area contributed by atoms with E-state index in [9.17, 15) is 0 Å². The molecule has 4 aromatic heterocycles. The number of rotatable bonds is 9. The number of hydrogen-bond donors (Lipinski definition) is 0. The van der Waals surface area contributed by atoms with Gasteiger partial charge in [-0.3, -0.25) is 0 Å². The summed E-state index contributed by atoms with van der Waals surface area (Å²) in [5.74, 6) is 1.89. The number of nitrogens with zero attached hydrogens (tertiary/aromatic N) is 6. The minimum atomic E-state index is 0.332. The van der Waals surface area contributed by atoms with Crippen molar-refractivity contribution in [3.8, 4) is 28.8 Å². The summed E-state index contributed by atoms with van der Waals surface area (Å²) < 4.78 is 6.34. The smallest absolute Gasteiger partial charge is 0.178 e. The first-order valence-corrected chi connectivity index (χ1v) is 17.4. The number of fused-ring (bicyclic) bond motifs is 2. The van der Waals surface area contributed by atoms with Crippen molar-refractivity contribution in [2.24, 2.45) is 0 Å². The highest BCUT2D eigenvalue weighted by Gasteiger charge is 2.12. The zero-order chi connectivity index (χ0) is 33.0. The summed E-state index contributed by atoms with van der Waals surface area (Å²) in [6.07, 6.45) is 3.66. The first-order chi connectivity index (χ1) is 24.1. The van der Waals surface area contributed by atoms with E-state index in [4.69, 9.17) is 36.3 Å². The Morgan fingerprint density at radius 3 is 1.94 bits per heavy atom. The topological polar surface area (TPSA) is 86.6 Å². The molecule has 0 amide bonds. The second-order valence-electron chi connectivity index (χ2n) is 11.0. The number of para-hydroxylation sites is 2. The highest BCUT2D eigenvalue weighted by molar-refractivity contribution is 7.99. The first-order valence-electron chi connectivity index (χ1n) is 15.4. The van der Waals surface area contributed by atoms with Crippen molar-refractivity contribution in [1.29, 1.82) is 0 Å². The minimum Gasteiger partial charge on any atom is -0.489 e. The number of ether oxygens (including phenoxy) is 1. The highest BCUT2D eigenvalue weighted by Crippen LogP contribution is 2.33. The summed E-state index contributed by atoms with van der Waals surface area (Å²) in [5, 5.41) is 4.30. The molecule has 0 N–H and O–H groups in total. The van der Waals surface area contributed by atoms with Crippen LogP contribution in [0.5, 0.6) is 5.75 Å². The van der Waals surface area contributed by atoms with Crippen molar-refractivity contribution in [1.82, 2.24) is 29.9 Å². The number of halogens is 1. The standard InChI is InChI=1S/C39H25ClN6OS2/c40-28-15-17-30(18-16-28)48-37-20-25(19-35(44-37)39-42-23-27-8-2-4-12-33(27)46-39)24-47-29-9-5-10-31(21-29)49-36-14-6-13-34(43-36)38-41-22-26-7-1-3-11-32(26)45-38/h1-23H,24H2. The van der Waals surface area contributed by atoms with Crippen LogP contribution in [-0.4, -0.2) is 29.9 Å². The van der Waals surface area contributed by atoms with Crippen molar-refractivity contribution in [2.75, 3.05) is 0 Å². The van der Waals surface area contributed by atoms with Gasteiger partial charge in [0.25, 0.3) is 0 Å². The van der Waals surface area contributed by atoms with Crippen LogP contribution in [0, 0.1) is 0 Å². The minimum absolute atomic E-state index is 0.332. The second-order valence-corrected chi connectivity index (χ2v) is 13.6. The van der Waals surface area contributed by atoms with Crippen LogP contribution in [0.25, 0.3) is 44.8 Å². The number of hydrogen-bond acceptors (Lipinski definition) is 9. The maximum Gasteiger partial charge on any atom is 0.178 e. The van der Waals surface area contributed by atoms with Gasteiger partial charge in [-0.25, -0.2) is 29.9 Å². The van der Waals surface area contributed by atoms with Crippen LogP contribution in [0.3, 0.4) is 0 Å². The highest BCUT2D eigenvalue weighted by atomic mass is 35.5. The Morgan fingerprint density at radius 2 is 1.18 bits per heavy atom. The van der Waals surface area contributed by atoms with Crippen LogP contribution in [-0.2, 0) is 6.61 Å². The van der Waals surface area contributed by atoms with Crippen LogP contribution in [0.2, 0.25) is 5.02 Å². The van der Waals surface area contributed by atoms with Crippen LogP contribution in [0.15, 0.2) is 160 Å². The van der Waals surface area contributed by atoms with E-state index in [1.807, 2.05) is 140 Å². The van der Waals surface area contributed by atoms with E-state index in [-0.39, 0.29) is 0 Å². The molecule has 0 aliphatic heterocycles. The van der Waals surface area contributed by atoms with Crippen molar-refractivity contribution in [3.05, 3.63) is 150 Å². The van der Waals surface area contributed by atoms with Gasteiger partial charge in [0.2, 0.25) is 0 Å². The fraction of sp³-hybridized carbons (Fsp3) is 0.0256. The Bertz CT molecular complexity index is 2440. The maximum absolute atomic E-state index is 6.34. The molecule has 236 valence electrons. The molecular formula is C39H25ClN6OS2. The third-order valence-electron chi connectivity index (χ3n) is 7.49. The van der Waals surface area contributed by atoms with Crippen molar-refractivity contribution in [2.45, 2.75) is 26.4 Å². The van der Waals surface area contributed by atoms with E-state index >= 15 is 0 Å². The van der Waals surface area contributed by atoms with Gasteiger partial charge in [-0.15, -0.1) is 0 Å². The van der Waals surface area contributed by atoms with Gasteiger partial charge in [0.05, 0.1) is 11.0 Å². The fourth-order valence-corrected chi connectivity index (χ4v) is 6.98. The molecule has 49 heavy (non-hydrogen) atoms. The lowest BCUT2D eigenvalue weighted by molar-refractivity contribution is 0.305. The van der Waals surface area contributed by atoms with Crippen molar-refractivity contribution >= 4 is 56.9 Å². The molecule has 4 heterocycles. The van der Waals surface area contributed by atoms with Gasteiger partial charge in [0.15, 0.2) is 11.6 Å². The molecule has 0 radical (unpaired) electrons. The normalized spacial score (nSPS) is 11.2. The Kier molecular flexibility index (Phi) is 8.85. The van der Waals surface area contributed by atoms with E-state index in [1.165, 1.54) is 0 Å². The Balaban J connectivity index is 1.03. The third-order valence-corrected chi connectivity index (χ3v) is 9.60. The molecule has 0 bridgehead atoms. The zero-order valence-electron chi connectivity index (χ0n) is 25.8. The average Bonchev–Trinajstić information content (AvgIpc) is 3.15. The van der Waals surface area contributed by atoms with Crippen LogP contribution < -0.4 is 4.74 Å². The summed E-state index contributed by atoms with van der Waals surface area (Å²) in [7, 11) is 0. The van der Waals surface area contributed by atoms with Crippen LogP contribution in [0.1, 0.15) is 5.56 Å². The van der Waals surface area contributed by atoms with E-state index in [0.29, 0.717) is 29.0 Å². The van der Waals surface area contributed by atoms with Crippen LogP contribution in [0.4, 0.5) is 0 Å². The molecule has 0 saturated carbocycles. The average molecular weight is 693 g/mol. The van der Waals surface area contributed by atoms with E-state index in [2.05, 4.69) is 9.97 Å². The van der Waals surface area contributed by atoms with E-state index in [1.54, 1.807) is 23.5 Å². The molecule has 0 aliphatic carbocycles. The lowest BCUT2D eigenvalue weighted by Gasteiger charge is -2.11. The van der Waals surface area contributed by atoms with Gasteiger partial charge in [-0.2, -0.15) is 0 Å². The Hall–Kier alpha value is -5.35. The van der Waals surface area contributed by atoms with Crippen molar-refractivity contribution < 1.29 is 4.74 Å². The summed E-state index contributed by atoms with van der Waals surface area (Å²) in [6.45, 7) is 0.332. The fourth-order valence-electron chi connectivity index (χ4n) is 5.13. The molecule has 8 aromatic rings. The lowest BCUT2D eigenvalue weighted by atomic mass is 10.2. The molecule has 0 fully saturated rings. The maximum atomic E-state index is 6.34. The summed E-state index contributed by atoms with van der Waals surface area (Å²) in [5.41, 5.74) is 4.09. The first kappa shape index (κ1) is 31.0. The molecule has 8 rings (SSSR count). The Labute approximate surface area is 295 Å². The molecule has 0 unspecified atom stereocenters. The molecule has 10 heteroatoms. The summed E-state index contributed by atoms with van der Waals surface area (Å²) in [6, 6.07) is 41.5. The quantitative estimate of drug-likeness (QED) is 0.147. The van der Waals surface area contributed by atoms with E-state index in [0.717, 1.165) is 58.7 Å². The Morgan fingerprint density at radius 1 is 0.531 bits per heavy atom. The zero-order valence-corrected chi connectivity index (χ0v) is 28.2. The predicted molar refractivity (Wildman–Crippen MR) is 196 cm³/mol. The van der Waals surface area contributed by atoms with Crippen LogP contribution >= 0.6 is 35.1 Å². The van der Waals surface area contributed by atoms with Gasteiger partial charge >= 0.3 is 0 Å². The van der Waals surface area contributed by atoms with Crippen molar-refractivity contribution in [3.63, 3.8) is 0 Å². The van der Waals surface area contributed by atoms with Gasteiger partial charge in [0, 0.05) is 38.0 Å². The largest absolute Gasteiger partial charge is 0.489 e. The van der Waals surface area contributed by atoms with Gasteiger partial charge in [0.1, 0.15) is 33.8 Å². The SMILES string of the molecule is Clc1ccc(Sc2cc(COc3cccc(Sc4cccc(-c5ncc6ccccc6n5)n4)c3)cc(-c3ncc4ccccc4n3)n2)cc1. The number of aromatic nitrogens is 6.